The van der Waals surface area contributed by atoms with Crippen molar-refractivity contribution in [1.82, 2.24) is 20.0 Å². The highest BCUT2D eigenvalue weighted by Gasteiger charge is 2.20. The van der Waals surface area contributed by atoms with Gasteiger partial charge >= 0.3 is 0 Å². The van der Waals surface area contributed by atoms with E-state index in [4.69, 9.17) is 4.74 Å². The monoisotopic (exact) mass is 276 g/mol. The molecule has 0 atom stereocenters. The molecule has 1 fully saturated rings. The fraction of sp³-hybridized carbons (Fsp3) is 0.364. The summed E-state index contributed by atoms with van der Waals surface area (Å²) in [6, 6.07) is 1.45. The predicted molar refractivity (Wildman–Crippen MR) is 68.8 cm³/mol. The van der Waals surface area contributed by atoms with Crippen LogP contribution in [0, 0.1) is 10.1 Å². The van der Waals surface area contributed by atoms with Gasteiger partial charge in [-0.05, 0) is 0 Å². The van der Waals surface area contributed by atoms with E-state index < -0.39 is 4.92 Å². The maximum absolute atomic E-state index is 10.9. The Hall–Kier alpha value is -2.55. The van der Waals surface area contributed by atoms with Crippen LogP contribution in [0.5, 0.6) is 0 Å². The predicted octanol–water partition coefficient (Wildman–Crippen LogP) is 0.407. The van der Waals surface area contributed by atoms with Crippen LogP contribution in [0.2, 0.25) is 0 Å². The van der Waals surface area contributed by atoms with E-state index in [9.17, 15) is 10.1 Å². The molecule has 0 spiro atoms. The quantitative estimate of drug-likeness (QED) is 0.591. The summed E-state index contributed by atoms with van der Waals surface area (Å²) in [5, 5.41) is 18.5. The zero-order valence-corrected chi connectivity index (χ0v) is 10.5. The van der Waals surface area contributed by atoms with Crippen LogP contribution in [0.4, 0.5) is 11.5 Å². The average Bonchev–Trinajstić information content (AvgIpc) is 3.01. The lowest BCUT2D eigenvalue weighted by molar-refractivity contribution is -0.385. The molecule has 1 aliphatic rings. The van der Waals surface area contributed by atoms with Crippen LogP contribution >= 0.6 is 0 Å². The second-order valence-corrected chi connectivity index (χ2v) is 4.24. The highest BCUT2D eigenvalue weighted by Crippen LogP contribution is 2.25. The zero-order chi connectivity index (χ0) is 13.9. The third-order valence-corrected chi connectivity index (χ3v) is 3.02. The van der Waals surface area contributed by atoms with Gasteiger partial charge < -0.3 is 9.64 Å². The molecule has 2 aromatic rings. The second kappa shape index (κ2) is 5.21. The van der Waals surface area contributed by atoms with Crippen molar-refractivity contribution in [2.24, 2.45) is 0 Å². The van der Waals surface area contributed by atoms with E-state index in [2.05, 4.69) is 15.3 Å². The van der Waals surface area contributed by atoms with Crippen molar-refractivity contribution in [3.8, 4) is 5.69 Å². The van der Waals surface area contributed by atoms with Crippen molar-refractivity contribution in [3.63, 3.8) is 0 Å². The van der Waals surface area contributed by atoms with Crippen LogP contribution in [0.1, 0.15) is 0 Å². The smallest absolute Gasteiger partial charge is 0.289 e. The standard InChI is InChI=1S/C11H12N6O3/c18-17(19)9-7-10(16-2-1-13-14-16)11(12-8-9)15-3-5-20-6-4-15/h1-2,7-8H,3-6H2. The van der Waals surface area contributed by atoms with Crippen molar-refractivity contribution < 1.29 is 9.66 Å². The topological polar surface area (TPSA) is 99.2 Å². The van der Waals surface area contributed by atoms with E-state index in [-0.39, 0.29) is 5.69 Å². The van der Waals surface area contributed by atoms with Crippen LogP contribution in [0.3, 0.4) is 0 Å². The van der Waals surface area contributed by atoms with Crippen LogP contribution in [-0.4, -0.2) is 51.2 Å². The first-order chi connectivity index (χ1) is 9.75. The lowest BCUT2D eigenvalue weighted by atomic mass is 10.3. The summed E-state index contributed by atoms with van der Waals surface area (Å²) in [6.07, 6.45) is 4.40. The Morgan fingerprint density at radius 3 is 2.80 bits per heavy atom. The van der Waals surface area contributed by atoms with Crippen molar-refractivity contribution in [2.45, 2.75) is 0 Å². The van der Waals surface area contributed by atoms with Gasteiger partial charge in [-0.25, -0.2) is 9.67 Å². The molecule has 0 N–H and O–H groups in total. The minimum atomic E-state index is -0.476. The average molecular weight is 276 g/mol. The number of aromatic nitrogens is 4. The van der Waals surface area contributed by atoms with Gasteiger partial charge in [0.15, 0.2) is 5.82 Å². The van der Waals surface area contributed by atoms with Gasteiger partial charge in [0.1, 0.15) is 11.9 Å². The van der Waals surface area contributed by atoms with E-state index >= 15 is 0 Å². The summed E-state index contributed by atoms with van der Waals surface area (Å²) >= 11 is 0. The van der Waals surface area contributed by atoms with Crippen molar-refractivity contribution >= 4 is 11.5 Å². The molecule has 0 radical (unpaired) electrons. The Morgan fingerprint density at radius 1 is 1.35 bits per heavy atom. The van der Waals surface area contributed by atoms with Gasteiger partial charge in [-0.1, -0.05) is 5.21 Å². The molecule has 0 aliphatic carbocycles. The van der Waals surface area contributed by atoms with Crippen molar-refractivity contribution in [1.29, 1.82) is 0 Å². The highest BCUT2D eigenvalue weighted by molar-refractivity contribution is 5.60. The van der Waals surface area contributed by atoms with Gasteiger partial charge in [0.2, 0.25) is 0 Å². The minimum absolute atomic E-state index is 0.0764. The maximum atomic E-state index is 10.9. The van der Waals surface area contributed by atoms with Crippen molar-refractivity contribution in [2.75, 3.05) is 31.2 Å². The van der Waals surface area contributed by atoms with E-state index in [0.717, 1.165) is 0 Å². The van der Waals surface area contributed by atoms with E-state index in [1.165, 1.54) is 23.1 Å². The minimum Gasteiger partial charge on any atom is -0.378 e. The zero-order valence-electron chi connectivity index (χ0n) is 10.5. The van der Waals surface area contributed by atoms with E-state index in [1.807, 2.05) is 4.90 Å². The molecule has 0 amide bonds. The molecule has 0 unspecified atom stereocenters. The SMILES string of the molecule is O=[N+]([O-])c1cnc(N2CCOCC2)c(-n2ccnn2)c1. The summed E-state index contributed by atoms with van der Waals surface area (Å²) in [4.78, 5) is 16.7. The number of anilines is 1. The van der Waals surface area contributed by atoms with Gasteiger partial charge in [0.25, 0.3) is 5.69 Å². The molecule has 3 rings (SSSR count). The fourth-order valence-corrected chi connectivity index (χ4v) is 2.06. The van der Waals surface area contributed by atoms with Gasteiger partial charge in [-0.3, -0.25) is 10.1 Å². The maximum Gasteiger partial charge on any atom is 0.289 e. The molecule has 2 aromatic heterocycles. The van der Waals surface area contributed by atoms with Crippen LogP contribution in [-0.2, 0) is 4.74 Å². The van der Waals surface area contributed by atoms with Crippen molar-refractivity contribution in [3.05, 3.63) is 34.8 Å². The Labute approximate surface area is 113 Å². The summed E-state index contributed by atoms with van der Waals surface area (Å²) in [5.41, 5.74) is 0.464. The lowest BCUT2D eigenvalue weighted by Crippen LogP contribution is -2.37. The Kier molecular flexibility index (Phi) is 3.25. The van der Waals surface area contributed by atoms with Gasteiger partial charge in [0, 0.05) is 19.2 Å². The third-order valence-electron chi connectivity index (χ3n) is 3.02. The number of morpholine rings is 1. The molecule has 9 nitrogen and oxygen atoms in total. The van der Waals surface area contributed by atoms with Gasteiger partial charge in [0.05, 0.1) is 30.5 Å². The number of hydrogen-bond acceptors (Lipinski definition) is 7. The summed E-state index contributed by atoms with van der Waals surface area (Å²) in [6.45, 7) is 2.59. The Balaban J connectivity index is 2.06. The first kappa shape index (κ1) is 12.5. The second-order valence-electron chi connectivity index (χ2n) is 4.24. The summed E-state index contributed by atoms with van der Waals surface area (Å²) < 4.78 is 6.78. The van der Waals surface area contributed by atoms with Crippen LogP contribution < -0.4 is 4.90 Å². The molecular weight excluding hydrogens is 264 g/mol. The molecule has 0 aromatic carbocycles. The van der Waals surface area contributed by atoms with Gasteiger partial charge in [-0.15, -0.1) is 5.10 Å². The molecule has 3 heterocycles. The highest BCUT2D eigenvalue weighted by atomic mass is 16.6. The molecule has 1 saturated heterocycles. The Morgan fingerprint density at radius 2 is 2.15 bits per heavy atom. The molecule has 0 saturated carbocycles. The number of hydrogen-bond donors (Lipinski definition) is 0. The van der Waals surface area contributed by atoms with E-state index in [0.29, 0.717) is 37.8 Å². The molecule has 20 heavy (non-hydrogen) atoms. The molecule has 9 heteroatoms. The molecule has 104 valence electrons. The third kappa shape index (κ3) is 2.30. The summed E-state index contributed by atoms with van der Waals surface area (Å²) in [5.74, 6) is 0.643. The number of pyridine rings is 1. The number of nitrogens with zero attached hydrogens (tertiary/aromatic N) is 6. The Bertz CT molecular complexity index is 609. The first-order valence-electron chi connectivity index (χ1n) is 6.09. The number of nitro groups is 1. The molecular formula is C11H12N6O3. The van der Waals surface area contributed by atoms with Crippen LogP contribution in [0.25, 0.3) is 5.69 Å². The normalized spacial score (nSPS) is 15.3. The van der Waals surface area contributed by atoms with E-state index in [1.54, 1.807) is 6.20 Å². The fourth-order valence-electron chi connectivity index (χ4n) is 2.06. The molecule has 1 aliphatic heterocycles. The first-order valence-corrected chi connectivity index (χ1v) is 6.09. The van der Waals surface area contributed by atoms with Gasteiger partial charge in [-0.2, -0.15) is 0 Å². The number of rotatable bonds is 3. The largest absolute Gasteiger partial charge is 0.378 e. The summed E-state index contributed by atoms with van der Waals surface area (Å²) in [7, 11) is 0. The molecule has 0 bridgehead atoms. The lowest BCUT2D eigenvalue weighted by Gasteiger charge is -2.28. The number of ether oxygens (including phenoxy) is 1. The van der Waals surface area contributed by atoms with Crippen LogP contribution in [0.15, 0.2) is 24.7 Å².